The summed E-state index contributed by atoms with van der Waals surface area (Å²) in [6.07, 6.45) is 0. The topological polar surface area (TPSA) is 111 Å². The van der Waals surface area contributed by atoms with Gasteiger partial charge in [-0.25, -0.2) is 9.18 Å². The van der Waals surface area contributed by atoms with E-state index in [0.717, 1.165) is 6.07 Å². The fourth-order valence-corrected chi connectivity index (χ4v) is 1.10. The molecule has 0 aliphatic rings. The molecule has 18 heavy (non-hydrogen) atoms. The van der Waals surface area contributed by atoms with Crippen LogP contribution in [-0.4, -0.2) is 29.7 Å². The van der Waals surface area contributed by atoms with Crippen LogP contribution in [0.5, 0.6) is 5.75 Å². The summed E-state index contributed by atoms with van der Waals surface area (Å²) in [6.45, 7) is -0.696. The van der Waals surface area contributed by atoms with Crippen LogP contribution in [0.4, 0.5) is 15.8 Å². The molecule has 0 heterocycles. The van der Waals surface area contributed by atoms with Crippen LogP contribution < -0.4 is 10.2 Å². The summed E-state index contributed by atoms with van der Waals surface area (Å²) in [5.41, 5.74) is 1.22. The minimum Gasteiger partial charge on any atom is -0.490 e. The number of nitrogens with one attached hydrogen (secondary N) is 1. The number of carbonyl (C=O) groups is 1. The molecule has 0 amide bonds. The van der Waals surface area contributed by atoms with Gasteiger partial charge >= 0.3 is 11.7 Å². The minimum atomic E-state index is -1.25. The third-order valence-electron chi connectivity index (χ3n) is 1.84. The molecule has 1 aromatic carbocycles. The van der Waals surface area contributed by atoms with Crippen LogP contribution in [0.1, 0.15) is 0 Å². The number of hydrogen-bond donors (Lipinski definition) is 2. The summed E-state index contributed by atoms with van der Waals surface area (Å²) in [5, 5.41) is 18.9. The molecule has 0 atom stereocenters. The van der Waals surface area contributed by atoms with Crippen molar-refractivity contribution >= 4 is 17.3 Å². The fraction of sp³-hybridized carbons (Fsp3) is 0.222. The maximum Gasteiger partial charge on any atom is 0.332 e. The molecule has 2 N–H and O–H groups in total. The first kappa shape index (κ1) is 13.6. The zero-order valence-electron chi connectivity index (χ0n) is 9.18. The Morgan fingerprint density at radius 3 is 2.78 bits per heavy atom. The van der Waals surface area contributed by atoms with Gasteiger partial charge in [0.1, 0.15) is 5.69 Å². The van der Waals surface area contributed by atoms with E-state index in [0.29, 0.717) is 6.07 Å². The lowest BCUT2D eigenvalue weighted by Gasteiger charge is -2.08. The van der Waals surface area contributed by atoms with E-state index in [9.17, 15) is 19.3 Å². The first-order valence-electron chi connectivity index (χ1n) is 4.57. The summed E-state index contributed by atoms with van der Waals surface area (Å²) in [7, 11) is 1.18. The number of methoxy groups -OCH3 is 1. The maximum atomic E-state index is 13.4. The van der Waals surface area contributed by atoms with E-state index in [-0.39, 0.29) is 11.4 Å². The Kier molecular flexibility index (Phi) is 4.38. The first-order valence-corrected chi connectivity index (χ1v) is 4.57. The molecule has 0 radical (unpaired) electrons. The van der Waals surface area contributed by atoms with Crippen LogP contribution in [0, 0.1) is 15.9 Å². The van der Waals surface area contributed by atoms with E-state index in [2.05, 4.69) is 4.84 Å². The van der Waals surface area contributed by atoms with Gasteiger partial charge in [0, 0.05) is 6.07 Å². The van der Waals surface area contributed by atoms with Crippen LogP contribution in [0.2, 0.25) is 0 Å². The molecule has 1 aromatic rings. The molecule has 0 spiro atoms. The number of nitro groups is 1. The van der Waals surface area contributed by atoms with Crippen molar-refractivity contribution in [1.82, 2.24) is 0 Å². The average molecular weight is 260 g/mol. The third-order valence-corrected chi connectivity index (χ3v) is 1.84. The first-order chi connectivity index (χ1) is 8.45. The van der Waals surface area contributed by atoms with Crippen LogP contribution in [0.3, 0.4) is 0 Å². The highest BCUT2D eigenvalue weighted by Crippen LogP contribution is 2.32. The number of halogens is 1. The SMILES string of the molecule is COc1cc(NOCC(=O)O)c(F)cc1[N+](=O)[O-]. The van der Waals surface area contributed by atoms with Gasteiger partial charge in [0.2, 0.25) is 0 Å². The Morgan fingerprint density at radius 2 is 2.28 bits per heavy atom. The quantitative estimate of drug-likeness (QED) is 0.583. The van der Waals surface area contributed by atoms with Crippen molar-refractivity contribution in [3.63, 3.8) is 0 Å². The minimum absolute atomic E-state index is 0.178. The molecule has 98 valence electrons. The number of hydrogen-bond acceptors (Lipinski definition) is 6. The number of anilines is 1. The van der Waals surface area contributed by atoms with Crippen LogP contribution in [0.25, 0.3) is 0 Å². The maximum absolute atomic E-state index is 13.4. The van der Waals surface area contributed by atoms with Crippen LogP contribution >= 0.6 is 0 Å². The average Bonchev–Trinajstić information content (AvgIpc) is 2.30. The Balaban J connectivity index is 2.93. The highest BCUT2D eigenvalue weighted by atomic mass is 19.1. The molecule has 1 rings (SSSR count). The highest BCUT2D eigenvalue weighted by Gasteiger charge is 2.19. The van der Waals surface area contributed by atoms with Crippen molar-refractivity contribution in [2.75, 3.05) is 19.2 Å². The van der Waals surface area contributed by atoms with Crippen molar-refractivity contribution in [1.29, 1.82) is 0 Å². The molecule has 0 unspecified atom stereocenters. The molecule has 0 aliphatic heterocycles. The number of carboxylic acids is 1. The van der Waals surface area contributed by atoms with E-state index in [1.54, 1.807) is 0 Å². The van der Waals surface area contributed by atoms with Gasteiger partial charge in [-0.05, 0) is 0 Å². The Labute approximate surface area is 100 Å². The van der Waals surface area contributed by atoms with Gasteiger partial charge in [-0.2, -0.15) is 0 Å². The van der Waals surface area contributed by atoms with Crippen molar-refractivity contribution in [3.8, 4) is 5.75 Å². The summed E-state index contributed by atoms with van der Waals surface area (Å²) in [6, 6.07) is 1.64. The number of aliphatic carboxylic acids is 1. The van der Waals surface area contributed by atoms with Gasteiger partial charge < -0.3 is 9.84 Å². The number of rotatable bonds is 6. The number of ether oxygens (including phenoxy) is 1. The van der Waals surface area contributed by atoms with Gasteiger partial charge in [0.05, 0.1) is 18.1 Å². The molecular formula is C9H9FN2O6. The molecule has 8 nitrogen and oxygen atoms in total. The number of carboxylic acid groups (broad SMARTS) is 1. The van der Waals surface area contributed by atoms with Crippen molar-refractivity contribution in [2.45, 2.75) is 0 Å². The molecular weight excluding hydrogens is 251 g/mol. The number of nitrogens with zero attached hydrogens (tertiary/aromatic N) is 1. The second-order valence-electron chi connectivity index (χ2n) is 3.05. The number of benzene rings is 1. The molecule has 0 saturated carbocycles. The fourth-order valence-electron chi connectivity index (χ4n) is 1.10. The molecule has 0 aliphatic carbocycles. The van der Waals surface area contributed by atoms with E-state index in [4.69, 9.17) is 9.84 Å². The smallest absolute Gasteiger partial charge is 0.332 e. The normalized spacial score (nSPS) is 9.89. The van der Waals surface area contributed by atoms with Gasteiger partial charge in [0.15, 0.2) is 18.2 Å². The predicted octanol–water partition coefficient (Wildman–Crippen LogP) is 1.17. The van der Waals surface area contributed by atoms with Gasteiger partial charge in [-0.1, -0.05) is 0 Å². The van der Waals surface area contributed by atoms with Crippen molar-refractivity contribution in [3.05, 3.63) is 28.1 Å². The Bertz CT molecular complexity index is 478. The lowest BCUT2D eigenvalue weighted by atomic mass is 10.2. The van der Waals surface area contributed by atoms with E-state index in [1.807, 2.05) is 5.48 Å². The molecule has 0 aromatic heterocycles. The third kappa shape index (κ3) is 3.28. The summed E-state index contributed by atoms with van der Waals surface area (Å²) >= 11 is 0. The van der Waals surface area contributed by atoms with Crippen molar-refractivity contribution < 1.29 is 28.8 Å². The summed E-state index contributed by atoms with van der Waals surface area (Å²) in [4.78, 5) is 24.4. The monoisotopic (exact) mass is 260 g/mol. The van der Waals surface area contributed by atoms with Gasteiger partial charge in [0.25, 0.3) is 0 Å². The Hall–Kier alpha value is -2.42. The lowest BCUT2D eigenvalue weighted by molar-refractivity contribution is -0.385. The van der Waals surface area contributed by atoms with Crippen LogP contribution in [0.15, 0.2) is 12.1 Å². The predicted molar refractivity (Wildman–Crippen MR) is 56.8 cm³/mol. The second kappa shape index (κ2) is 5.77. The summed E-state index contributed by atoms with van der Waals surface area (Å²) in [5.74, 6) is -2.40. The van der Waals surface area contributed by atoms with Crippen LogP contribution in [-0.2, 0) is 9.63 Å². The van der Waals surface area contributed by atoms with E-state index < -0.39 is 29.0 Å². The Morgan fingerprint density at radius 1 is 1.61 bits per heavy atom. The van der Waals surface area contributed by atoms with Gasteiger partial charge in [-0.15, -0.1) is 0 Å². The molecule has 0 saturated heterocycles. The molecule has 0 bridgehead atoms. The van der Waals surface area contributed by atoms with E-state index in [1.165, 1.54) is 7.11 Å². The second-order valence-corrected chi connectivity index (χ2v) is 3.05. The molecule has 9 heteroatoms. The largest absolute Gasteiger partial charge is 0.490 e. The summed E-state index contributed by atoms with van der Waals surface area (Å²) < 4.78 is 18.1. The molecule has 0 fully saturated rings. The van der Waals surface area contributed by atoms with Crippen molar-refractivity contribution in [2.24, 2.45) is 0 Å². The van der Waals surface area contributed by atoms with E-state index >= 15 is 0 Å². The van der Waals surface area contributed by atoms with Gasteiger partial charge in [-0.3, -0.25) is 20.4 Å². The highest BCUT2D eigenvalue weighted by molar-refractivity contribution is 5.68. The number of nitro benzene ring substituents is 1. The standard InChI is InChI=1S/C9H9FN2O6/c1-17-8-3-6(11-18-4-9(13)14)5(10)2-7(8)12(15)16/h2-3,11H,4H2,1H3,(H,13,14). The zero-order valence-corrected chi connectivity index (χ0v) is 9.18. The zero-order chi connectivity index (χ0) is 13.7. The lowest BCUT2D eigenvalue weighted by Crippen LogP contribution is -2.12.